The van der Waals surface area contributed by atoms with Crippen LogP contribution >= 0.6 is 0 Å². The molecule has 2 N–H and O–H groups in total. The van der Waals surface area contributed by atoms with E-state index in [9.17, 15) is 4.79 Å². The van der Waals surface area contributed by atoms with Crippen molar-refractivity contribution in [3.05, 3.63) is 0 Å². The first-order valence-corrected chi connectivity index (χ1v) is 6.75. The van der Waals surface area contributed by atoms with Crippen molar-refractivity contribution in [1.29, 1.82) is 0 Å². The summed E-state index contributed by atoms with van der Waals surface area (Å²) in [7, 11) is 0. The maximum Gasteiger partial charge on any atom is 0.254 e. The molecule has 0 aliphatic carbocycles. The van der Waals surface area contributed by atoms with E-state index in [0.29, 0.717) is 6.61 Å². The van der Waals surface area contributed by atoms with Crippen LogP contribution in [-0.2, 0) is 9.53 Å². The van der Waals surface area contributed by atoms with Crippen molar-refractivity contribution in [2.75, 3.05) is 13.2 Å². The molecule has 0 spiro atoms. The fourth-order valence-electron chi connectivity index (χ4n) is 3.01. The third-order valence-corrected chi connectivity index (χ3v) is 4.09. The molecule has 2 heterocycles. The maximum absolute atomic E-state index is 12.6. The first-order chi connectivity index (χ1) is 8.04. The minimum absolute atomic E-state index is 0.0456. The molecule has 17 heavy (non-hydrogen) atoms. The van der Waals surface area contributed by atoms with Gasteiger partial charge >= 0.3 is 0 Å². The molecular formula is C13H24N2O2. The second-order valence-corrected chi connectivity index (χ2v) is 5.60. The van der Waals surface area contributed by atoms with Gasteiger partial charge in [-0.3, -0.25) is 4.79 Å². The zero-order valence-electron chi connectivity index (χ0n) is 10.9. The van der Waals surface area contributed by atoms with Gasteiger partial charge in [-0.05, 0) is 46.0 Å². The van der Waals surface area contributed by atoms with Crippen LogP contribution in [-0.4, -0.2) is 41.6 Å². The van der Waals surface area contributed by atoms with E-state index in [1.807, 2.05) is 18.7 Å². The van der Waals surface area contributed by atoms with E-state index in [-0.39, 0.29) is 18.0 Å². The second-order valence-electron chi connectivity index (χ2n) is 5.60. The number of hydrogen-bond acceptors (Lipinski definition) is 3. The van der Waals surface area contributed by atoms with Crippen molar-refractivity contribution in [3.63, 3.8) is 0 Å². The van der Waals surface area contributed by atoms with Gasteiger partial charge in [0.25, 0.3) is 5.91 Å². The quantitative estimate of drug-likeness (QED) is 0.791. The van der Waals surface area contributed by atoms with Gasteiger partial charge in [-0.25, -0.2) is 0 Å². The molecule has 4 nitrogen and oxygen atoms in total. The molecule has 0 radical (unpaired) electrons. The molecule has 0 aromatic carbocycles. The average molecular weight is 240 g/mol. The van der Waals surface area contributed by atoms with E-state index in [4.69, 9.17) is 10.5 Å². The molecule has 98 valence electrons. The number of carbonyl (C=O) groups excluding carboxylic acids is 1. The first-order valence-electron chi connectivity index (χ1n) is 6.75. The van der Waals surface area contributed by atoms with Crippen LogP contribution in [0.2, 0.25) is 0 Å². The molecule has 2 rings (SSSR count). The lowest BCUT2D eigenvalue weighted by atomic mass is 9.93. The summed E-state index contributed by atoms with van der Waals surface area (Å²) in [6.45, 7) is 5.46. The lowest BCUT2D eigenvalue weighted by molar-refractivity contribution is -0.155. The highest BCUT2D eigenvalue weighted by molar-refractivity contribution is 5.85. The Bertz CT molecular complexity index is 285. The predicted molar refractivity (Wildman–Crippen MR) is 66.6 cm³/mol. The van der Waals surface area contributed by atoms with Gasteiger partial charge in [-0.15, -0.1) is 0 Å². The monoisotopic (exact) mass is 240 g/mol. The third-order valence-electron chi connectivity index (χ3n) is 4.09. The predicted octanol–water partition coefficient (Wildman–Crippen LogP) is 1.28. The SMILES string of the molecule is CC(N)C1CCCCN1C(=O)C1(C)CCCO1. The van der Waals surface area contributed by atoms with Gasteiger partial charge < -0.3 is 15.4 Å². The number of likely N-dealkylation sites (tertiary alicyclic amines) is 1. The zero-order valence-corrected chi connectivity index (χ0v) is 10.9. The van der Waals surface area contributed by atoms with Crippen molar-refractivity contribution in [2.24, 2.45) is 5.73 Å². The van der Waals surface area contributed by atoms with E-state index in [1.165, 1.54) is 6.42 Å². The molecule has 3 atom stereocenters. The van der Waals surface area contributed by atoms with Gasteiger partial charge in [0.05, 0.1) is 0 Å². The molecule has 4 heteroatoms. The largest absolute Gasteiger partial charge is 0.365 e. The van der Waals surface area contributed by atoms with E-state index in [0.717, 1.165) is 32.2 Å². The van der Waals surface area contributed by atoms with Gasteiger partial charge in [-0.2, -0.15) is 0 Å². The van der Waals surface area contributed by atoms with Crippen LogP contribution in [0.15, 0.2) is 0 Å². The van der Waals surface area contributed by atoms with E-state index in [2.05, 4.69) is 0 Å². The summed E-state index contributed by atoms with van der Waals surface area (Å²) in [6, 6.07) is 0.238. The van der Waals surface area contributed by atoms with Crippen LogP contribution in [0.1, 0.15) is 46.0 Å². The molecule has 0 bridgehead atoms. The summed E-state index contributed by atoms with van der Waals surface area (Å²) >= 11 is 0. The molecule has 0 aromatic heterocycles. The van der Waals surface area contributed by atoms with Crippen LogP contribution in [0.25, 0.3) is 0 Å². The Labute approximate surface area is 103 Å². The van der Waals surface area contributed by atoms with Crippen LogP contribution in [0, 0.1) is 0 Å². The highest BCUT2D eigenvalue weighted by Gasteiger charge is 2.43. The Hall–Kier alpha value is -0.610. The van der Waals surface area contributed by atoms with Crippen molar-refractivity contribution < 1.29 is 9.53 Å². The highest BCUT2D eigenvalue weighted by Crippen LogP contribution is 2.30. The number of ether oxygens (including phenoxy) is 1. The molecule has 3 unspecified atom stereocenters. The van der Waals surface area contributed by atoms with Gasteiger partial charge in [0, 0.05) is 25.2 Å². The molecule has 2 aliphatic rings. The van der Waals surface area contributed by atoms with Gasteiger partial charge in [0.2, 0.25) is 0 Å². The van der Waals surface area contributed by atoms with Crippen molar-refractivity contribution in [3.8, 4) is 0 Å². The number of carbonyl (C=O) groups is 1. The minimum atomic E-state index is -0.593. The lowest BCUT2D eigenvalue weighted by Crippen LogP contribution is -2.57. The van der Waals surface area contributed by atoms with Gasteiger partial charge in [-0.1, -0.05) is 0 Å². The first kappa shape index (κ1) is 12.8. The van der Waals surface area contributed by atoms with Gasteiger partial charge in [0.15, 0.2) is 0 Å². The van der Waals surface area contributed by atoms with Crippen LogP contribution < -0.4 is 5.73 Å². The topological polar surface area (TPSA) is 55.6 Å². The van der Waals surface area contributed by atoms with Crippen molar-refractivity contribution in [2.45, 2.75) is 63.6 Å². The Morgan fingerprint density at radius 2 is 2.24 bits per heavy atom. The van der Waals surface area contributed by atoms with E-state index in [1.54, 1.807) is 0 Å². The Morgan fingerprint density at radius 1 is 1.47 bits per heavy atom. The van der Waals surface area contributed by atoms with Gasteiger partial charge in [0.1, 0.15) is 5.60 Å². The van der Waals surface area contributed by atoms with Crippen LogP contribution in [0.3, 0.4) is 0 Å². The standard InChI is InChI=1S/C13H24N2O2/c1-10(14)11-6-3-4-8-15(11)12(16)13(2)7-5-9-17-13/h10-11H,3-9,14H2,1-2H3. The molecule has 2 fully saturated rings. The number of nitrogens with zero attached hydrogens (tertiary/aromatic N) is 1. The Morgan fingerprint density at radius 3 is 2.82 bits per heavy atom. The normalized spacial score (nSPS) is 35.9. The number of amides is 1. The fraction of sp³-hybridized carbons (Fsp3) is 0.923. The number of rotatable bonds is 2. The summed E-state index contributed by atoms with van der Waals surface area (Å²) in [5.74, 6) is 0.150. The summed E-state index contributed by atoms with van der Waals surface area (Å²) < 4.78 is 5.65. The molecule has 0 saturated carbocycles. The summed E-state index contributed by atoms with van der Waals surface area (Å²) in [4.78, 5) is 14.6. The van der Waals surface area contributed by atoms with Crippen LogP contribution in [0.5, 0.6) is 0 Å². The Kier molecular flexibility index (Phi) is 3.73. The Balaban J connectivity index is 2.10. The highest BCUT2D eigenvalue weighted by atomic mass is 16.5. The van der Waals surface area contributed by atoms with Crippen LogP contribution in [0.4, 0.5) is 0 Å². The molecular weight excluding hydrogens is 216 g/mol. The van der Waals surface area contributed by atoms with E-state index < -0.39 is 5.60 Å². The third kappa shape index (κ3) is 2.47. The lowest BCUT2D eigenvalue weighted by Gasteiger charge is -2.41. The number of nitrogens with two attached hydrogens (primary N) is 1. The molecule has 1 amide bonds. The average Bonchev–Trinajstić information content (AvgIpc) is 2.76. The molecule has 2 aliphatic heterocycles. The maximum atomic E-state index is 12.6. The fourth-order valence-corrected chi connectivity index (χ4v) is 3.01. The smallest absolute Gasteiger partial charge is 0.254 e. The summed E-state index contributed by atoms with van der Waals surface area (Å²) in [5.41, 5.74) is 5.41. The molecule has 0 aromatic rings. The second kappa shape index (κ2) is 4.94. The van der Waals surface area contributed by atoms with Crippen molar-refractivity contribution in [1.82, 2.24) is 4.90 Å². The number of hydrogen-bond donors (Lipinski definition) is 1. The molecule has 2 saturated heterocycles. The van der Waals surface area contributed by atoms with Crippen molar-refractivity contribution >= 4 is 5.91 Å². The number of piperidine rings is 1. The van der Waals surface area contributed by atoms with E-state index >= 15 is 0 Å². The summed E-state index contributed by atoms with van der Waals surface area (Å²) in [5, 5.41) is 0. The summed E-state index contributed by atoms with van der Waals surface area (Å²) in [6.07, 6.45) is 5.12. The zero-order chi connectivity index (χ0) is 12.5. The minimum Gasteiger partial charge on any atom is -0.365 e.